The van der Waals surface area contributed by atoms with E-state index in [4.69, 9.17) is 9.47 Å². The fraction of sp³-hybridized carbons (Fsp3) is 0.579. The molecule has 3 fully saturated rings. The number of aryl methyl sites for hydroxylation is 3. The molecule has 0 unspecified atom stereocenters. The van der Waals surface area contributed by atoms with E-state index in [9.17, 15) is 9.18 Å². The fourth-order valence-corrected chi connectivity index (χ4v) is 9.18. The number of aromatic nitrogens is 2. The van der Waals surface area contributed by atoms with E-state index in [0.717, 1.165) is 88.1 Å². The van der Waals surface area contributed by atoms with Gasteiger partial charge in [0.05, 0.1) is 25.9 Å². The van der Waals surface area contributed by atoms with Gasteiger partial charge in [-0.05, 0) is 99.3 Å². The molecule has 3 aliphatic rings. The number of likely N-dealkylation sites (tertiary alicyclic amines) is 1. The van der Waals surface area contributed by atoms with Gasteiger partial charge < -0.3 is 29.2 Å². The summed E-state index contributed by atoms with van der Waals surface area (Å²) in [5.41, 5.74) is 1.82. The van der Waals surface area contributed by atoms with Crippen LogP contribution in [0.5, 0.6) is 0 Å². The van der Waals surface area contributed by atoms with Gasteiger partial charge in [0.2, 0.25) is 0 Å². The number of piperidine rings is 1. The summed E-state index contributed by atoms with van der Waals surface area (Å²) < 4.78 is 43.3. The molecule has 6 rings (SSSR count). The van der Waals surface area contributed by atoms with E-state index in [2.05, 4.69) is 37.7 Å². The van der Waals surface area contributed by atoms with E-state index in [1.807, 2.05) is 37.5 Å². The second-order valence-corrected chi connectivity index (χ2v) is 14.2. The molecular formula is C38H51F2N5O3. The molecule has 0 spiro atoms. The normalized spacial score (nSPS) is 22.7. The van der Waals surface area contributed by atoms with Gasteiger partial charge in [-0.1, -0.05) is 31.5 Å². The molecule has 1 saturated carbocycles. The van der Waals surface area contributed by atoms with Crippen LogP contribution < -0.4 is 10.2 Å². The summed E-state index contributed by atoms with van der Waals surface area (Å²) in [4.78, 5) is 21.7. The summed E-state index contributed by atoms with van der Waals surface area (Å²) in [5, 5.41) is 3.18. The number of alkyl carbamates (subject to hydrolysis) is 1. The molecule has 48 heavy (non-hydrogen) atoms. The number of hydrogen-bond donors (Lipinski definition) is 1. The zero-order chi connectivity index (χ0) is 33.9. The standard InChI is InChI=1S/C38H51F2N5O3/c1-5-35-41-17-21-44(35)20-16-38(29-8-6-9-30(39)23-29,31-10-7-11-33(31)42-36(46)47-3)28-14-18-43(19-15-28)24-37(48-4)25-45(26-37)34-13-12-27(2)22-32(34)40/h6,8-9,12-13,17,21-23,28,31,33H,5,7,10-11,14-16,18-20,24-26H2,1-4H3,(H,42,46)/t31-,33-,38-/m0/s1. The molecule has 1 N–H and O–H groups in total. The Morgan fingerprint density at radius 1 is 1.08 bits per heavy atom. The second-order valence-electron chi connectivity index (χ2n) is 14.2. The maximum Gasteiger partial charge on any atom is 0.407 e. The largest absolute Gasteiger partial charge is 0.453 e. The molecule has 3 atom stereocenters. The number of benzene rings is 2. The highest BCUT2D eigenvalue weighted by molar-refractivity contribution is 5.67. The summed E-state index contributed by atoms with van der Waals surface area (Å²) in [6.45, 7) is 8.62. The van der Waals surface area contributed by atoms with E-state index in [-0.39, 0.29) is 40.5 Å². The van der Waals surface area contributed by atoms with E-state index in [1.165, 1.54) is 13.2 Å². The first kappa shape index (κ1) is 34.4. The number of nitrogens with one attached hydrogen (secondary N) is 1. The third kappa shape index (κ3) is 6.83. The highest BCUT2D eigenvalue weighted by atomic mass is 19.1. The molecule has 10 heteroatoms. The lowest BCUT2D eigenvalue weighted by molar-refractivity contribution is -0.0648. The zero-order valence-electron chi connectivity index (χ0n) is 28.9. The van der Waals surface area contributed by atoms with Crippen molar-refractivity contribution in [1.29, 1.82) is 0 Å². The van der Waals surface area contributed by atoms with Crippen LogP contribution in [0.15, 0.2) is 54.9 Å². The van der Waals surface area contributed by atoms with Crippen molar-refractivity contribution in [3.8, 4) is 0 Å². The van der Waals surface area contributed by atoms with Crippen molar-refractivity contribution in [3.63, 3.8) is 0 Å². The van der Waals surface area contributed by atoms with Gasteiger partial charge in [-0.25, -0.2) is 18.6 Å². The Morgan fingerprint density at radius 2 is 1.88 bits per heavy atom. The minimum atomic E-state index is -0.414. The maximum absolute atomic E-state index is 15.1. The van der Waals surface area contributed by atoms with Crippen LogP contribution in [0.4, 0.5) is 19.3 Å². The first-order valence-corrected chi connectivity index (χ1v) is 17.6. The summed E-state index contributed by atoms with van der Waals surface area (Å²) in [6, 6.07) is 12.5. The molecule has 3 aromatic rings. The number of carbonyl (C=O) groups is 1. The number of ether oxygens (including phenoxy) is 2. The number of hydrogen-bond acceptors (Lipinski definition) is 6. The van der Waals surface area contributed by atoms with Crippen LogP contribution >= 0.6 is 0 Å². The molecule has 0 bridgehead atoms. The Balaban J connectivity index is 1.26. The minimum absolute atomic E-state index is 0.0629. The van der Waals surface area contributed by atoms with Crippen molar-refractivity contribution in [2.75, 3.05) is 51.8 Å². The first-order valence-electron chi connectivity index (χ1n) is 17.6. The quantitative estimate of drug-likeness (QED) is 0.239. The van der Waals surface area contributed by atoms with Crippen molar-refractivity contribution in [2.45, 2.75) is 82.4 Å². The van der Waals surface area contributed by atoms with Crippen LogP contribution in [0.3, 0.4) is 0 Å². The van der Waals surface area contributed by atoms with Gasteiger partial charge in [0, 0.05) is 50.5 Å². The van der Waals surface area contributed by atoms with E-state index in [0.29, 0.717) is 18.8 Å². The smallest absolute Gasteiger partial charge is 0.407 e. The first-order chi connectivity index (χ1) is 23.2. The number of methoxy groups -OCH3 is 2. The molecule has 1 aliphatic carbocycles. The number of halogens is 2. The molecule has 8 nitrogen and oxygen atoms in total. The summed E-state index contributed by atoms with van der Waals surface area (Å²) in [7, 11) is 3.17. The Labute approximate surface area is 283 Å². The number of amides is 1. The maximum atomic E-state index is 15.1. The number of rotatable bonds is 12. The van der Waals surface area contributed by atoms with Crippen LogP contribution in [0.25, 0.3) is 0 Å². The third-order valence-electron chi connectivity index (χ3n) is 11.6. The predicted octanol–water partition coefficient (Wildman–Crippen LogP) is 6.50. The van der Waals surface area contributed by atoms with Gasteiger partial charge in [-0.2, -0.15) is 0 Å². The molecule has 260 valence electrons. The summed E-state index contributed by atoms with van der Waals surface area (Å²) >= 11 is 0. The molecule has 3 heterocycles. The van der Waals surface area contributed by atoms with Gasteiger partial charge in [-0.15, -0.1) is 0 Å². The SMILES string of the molecule is CCc1nccn1CC[C@@](c1cccc(F)c1)(C1CCN(CC2(OC)CN(c3ccc(C)cc3F)C2)CC1)[C@H]1CCC[C@@H]1NC(=O)OC. The zero-order valence-corrected chi connectivity index (χ0v) is 28.9. The average Bonchev–Trinajstić information content (AvgIpc) is 3.73. The Morgan fingerprint density at radius 3 is 2.56 bits per heavy atom. The Bertz CT molecular complexity index is 1550. The highest BCUT2D eigenvalue weighted by Gasteiger charge is 2.52. The van der Waals surface area contributed by atoms with Crippen LogP contribution in [0, 0.1) is 30.4 Å². The second kappa shape index (κ2) is 14.5. The number of anilines is 1. The van der Waals surface area contributed by atoms with Gasteiger partial charge in [0.15, 0.2) is 0 Å². The average molecular weight is 664 g/mol. The number of nitrogens with zero attached hydrogens (tertiary/aromatic N) is 4. The topological polar surface area (TPSA) is 71.9 Å². The van der Waals surface area contributed by atoms with Crippen LogP contribution in [-0.4, -0.2) is 79.1 Å². The van der Waals surface area contributed by atoms with Crippen LogP contribution in [0.1, 0.15) is 62.4 Å². The van der Waals surface area contributed by atoms with E-state index >= 15 is 4.39 Å². The number of carbonyl (C=O) groups excluding carboxylic acids is 1. The van der Waals surface area contributed by atoms with Gasteiger partial charge >= 0.3 is 6.09 Å². The predicted molar refractivity (Wildman–Crippen MR) is 183 cm³/mol. The monoisotopic (exact) mass is 663 g/mol. The lowest BCUT2D eigenvalue weighted by atomic mass is 9.56. The highest BCUT2D eigenvalue weighted by Crippen LogP contribution is 2.53. The lowest BCUT2D eigenvalue weighted by Crippen LogP contribution is -2.68. The molecule has 1 amide bonds. The molecule has 2 aromatic carbocycles. The molecule has 0 radical (unpaired) electrons. The fourth-order valence-electron chi connectivity index (χ4n) is 9.18. The van der Waals surface area contributed by atoms with Crippen LogP contribution in [-0.2, 0) is 27.9 Å². The van der Waals surface area contributed by atoms with E-state index in [1.54, 1.807) is 19.2 Å². The summed E-state index contributed by atoms with van der Waals surface area (Å²) in [5.74, 6) is 1.01. The summed E-state index contributed by atoms with van der Waals surface area (Å²) in [6.07, 6.45) is 9.85. The van der Waals surface area contributed by atoms with E-state index < -0.39 is 6.09 Å². The molecule has 1 aromatic heterocycles. The minimum Gasteiger partial charge on any atom is -0.453 e. The van der Waals surface area contributed by atoms with Crippen molar-refractivity contribution in [1.82, 2.24) is 19.8 Å². The van der Waals surface area contributed by atoms with Crippen molar-refractivity contribution in [3.05, 3.63) is 83.4 Å². The van der Waals surface area contributed by atoms with Gasteiger partial charge in [-0.3, -0.25) is 0 Å². The molecule has 2 aliphatic heterocycles. The van der Waals surface area contributed by atoms with Crippen molar-refractivity contribution >= 4 is 11.8 Å². The van der Waals surface area contributed by atoms with Crippen LogP contribution in [0.2, 0.25) is 0 Å². The van der Waals surface area contributed by atoms with Crippen molar-refractivity contribution < 1.29 is 23.0 Å². The number of imidazole rings is 1. The Kier molecular flexibility index (Phi) is 10.4. The molecule has 2 saturated heterocycles. The Hall–Kier alpha value is -3.50. The molecular weight excluding hydrogens is 612 g/mol. The van der Waals surface area contributed by atoms with Gasteiger partial charge in [0.25, 0.3) is 0 Å². The third-order valence-corrected chi connectivity index (χ3v) is 11.6. The van der Waals surface area contributed by atoms with Crippen molar-refractivity contribution in [2.24, 2.45) is 11.8 Å². The van der Waals surface area contributed by atoms with Gasteiger partial charge in [0.1, 0.15) is 23.1 Å². The lowest BCUT2D eigenvalue weighted by Gasteiger charge is -2.54.